The molecule has 0 aliphatic carbocycles. The minimum atomic E-state index is 0.113. The quantitative estimate of drug-likeness (QED) is 0.790. The average molecular weight is 275 g/mol. The molecule has 12 heavy (non-hydrogen) atoms. The van der Waals surface area contributed by atoms with Gasteiger partial charge in [0, 0.05) is 10.1 Å². The summed E-state index contributed by atoms with van der Waals surface area (Å²) in [7, 11) is 0. The van der Waals surface area contributed by atoms with Crippen LogP contribution < -0.4 is 5.32 Å². The van der Waals surface area contributed by atoms with E-state index in [-0.39, 0.29) is 6.23 Å². The summed E-state index contributed by atoms with van der Waals surface area (Å²) in [6.45, 7) is 1.77. The third-order valence-electron chi connectivity index (χ3n) is 1.89. The predicted molar refractivity (Wildman–Crippen MR) is 55.9 cm³/mol. The molecule has 0 spiro atoms. The van der Waals surface area contributed by atoms with Gasteiger partial charge in [0.05, 0.1) is 6.61 Å². The zero-order valence-electron chi connectivity index (χ0n) is 6.59. The van der Waals surface area contributed by atoms with E-state index >= 15 is 0 Å². The molecule has 1 saturated heterocycles. The second-order valence-electron chi connectivity index (χ2n) is 2.76. The highest BCUT2D eigenvalue weighted by Crippen LogP contribution is 2.18. The van der Waals surface area contributed by atoms with Crippen LogP contribution in [-0.4, -0.2) is 13.2 Å². The summed E-state index contributed by atoms with van der Waals surface area (Å²) in [4.78, 5) is 0. The van der Waals surface area contributed by atoms with Gasteiger partial charge >= 0.3 is 0 Å². The molecule has 0 saturated carbocycles. The summed E-state index contributed by atoms with van der Waals surface area (Å²) in [5, 5.41) is 3.27. The summed E-state index contributed by atoms with van der Waals surface area (Å²) in [5.74, 6) is 0. The van der Waals surface area contributed by atoms with Crippen molar-refractivity contribution in [2.45, 2.75) is 6.23 Å². The van der Waals surface area contributed by atoms with Crippen LogP contribution in [-0.2, 0) is 4.74 Å². The molecule has 1 aromatic carbocycles. The fourth-order valence-corrected chi connectivity index (χ4v) is 1.64. The van der Waals surface area contributed by atoms with Gasteiger partial charge in [-0.3, -0.25) is 5.32 Å². The van der Waals surface area contributed by atoms with Gasteiger partial charge < -0.3 is 4.74 Å². The Morgan fingerprint density at radius 2 is 2.08 bits per heavy atom. The highest BCUT2D eigenvalue weighted by atomic mass is 127. The molecule has 2 nitrogen and oxygen atoms in total. The van der Waals surface area contributed by atoms with Crippen LogP contribution in [0.25, 0.3) is 0 Å². The number of halogens is 1. The molecule has 3 heteroatoms. The Bertz CT molecular complexity index is 254. The number of ether oxygens (including phenoxy) is 1. The van der Waals surface area contributed by atoms with Gasteiger partial charge in [0.15, 0.2) is 0 Å². The van der Waals surface area contributed by atoms with Crippen LogP contribution in [0.2, 0.25) is 0 Å². The highest BCUT2D eigenvalue weighted by molar-refractivity contribution is 14.1. The summed E-state index contributed by atoms with van der Waals surface area (Å²) < 4.78 is 6.72. The molecule has 0 aromatic heterocycles. The zero-order chi connectivity index (χ0) is 8.39. The number of nitrogens with one attached hydrogen (secondary N) is 1. The Morgan fingerprint density at radius 3 is 2.67 bits per heavy atom. The SMILES string of the molecule is Ic1ccc(C2NCCO2)cc1. The Hall–Kier alpha value is -0.130. The van der Waals surface area contributed by atoms with Crippen molar-refractivity contribution in [2.24, 2.45) is 0 Å². The van der Waals surface area contributed by atoms with Crippen LogP contribution in [0.3, 0.4) is 0 Å². The molecular weight excluding hydrogens is 265 g/mol. The maximum Gasteiger partial charge on any atom is 0.134 e. The zero-order valence-corrected chi connectivity index (χ0v) is 8.74. The average Bonchev–Trinajstić information content (AvgIpc) is 2.58. The minimum absolute atomic E-state index is 0.113. The van der Waals surface area contributed by atoms with Gasteiger partial charge in [0.2, 0.25) is 0 Å². The lowest BCUT2D eigenvalue weighted by atomic mass is 10.2. The number of benzene rings is 1. The fourth-order valence-electron chi connectivity index (χ4n) is 1.28. The molecule has 1 N–H and O–H groups in total. The van der Waals surface area contributed by atoms with E-state index in [1.54, 1.807) is 0 Å². The van der Waals surface area contributed by atoms with E-state index in [2.05, 4.69) is 52.2 Å². The molecule has 0 radical (unpaired) electrons. The normalized spacial score (nSPS) is 22.9. The Labute approximate surface area is 85.4 Å². The Balaban J connectivity index is 2.17. The third kappa shape index (κ3) is 1.78. The summed E-state index contributed by atoms with van der Waals surface area (Å²) in [5.41, 5.74) is 1.22. The first-order valence-electron chi connectivity index (χ1n) is 3.97. The van der Waals surface area contributed by atoms with E-state index in [0.29, 0.717) is 0 Å². The van der Waals surface area contributed by atoms with Gasteiger partial charge in [-0.1, -0.05) is 12.1 Å². The second kappa shape index (κ2) is 3.72. The fraction of sp³-hybridized carbons (Fsp3) is 0.333. The van der Waals surface area contributed by atoms with E-state index in [1.165, 1.54) is 9.13 Å². The van der Waals surface area contributed by atoms with Gasteiger partial charge in [-0.05, 0) is 40.3 Å². The van der Waals surface area contributed by atoms with Crippen LogP contribution in [0.15, 0.2) is 24.3 Å². The Morgan fingerprint density at radius 1 is 1.33 bits per heavy atom. The van der Waals surface area contributed by atoms with Crippen molar-refractivity contribution in [1.29, 1.82) is 0 Å². The molecule has 64 valence electrons. The lowest BCUT2D eigenvalue weighted by Crippen LogP contribution is -2.13. The molecule has 2 rings (SSSR count). The van der Waals surface area contributed by atoms with E-state index in [0.717, 1.165) is 13.2 Å². The van der Waals surface area contributed by atoms with Crippen LogP contribution in [0.5, 0.6) is 0 Å². The molecule has 1 atom stereocenters. The van der Waals surface area contributed by atoms with Gasteiger partial charge in [0.25, 0.3) is 0 Å². The predicted octanol–water partition coefficient (Wildman–Crippen LogP) is 1.91. The van der Waals surface area contributed by atoms with Gasteiger partial charge in [-0.25, -0.2) is 0 Å². The number of hydrogen-bond acceptors (Lipinski definition) is 2. The van der Waals surface area contributed by atoms with E-state index in [1.807, 2.05) is 0 Å². The van der Waals surface area contributed by atoms with Crippen molar-refractivity contribution in [2.75, 3.05) is 13.2 Å². The molecule has 1 aliphatic rings. The molecular formula is C9H10INO. The van der Waals surface area contributed by atoms with Crippen molar-refractivity contribution in [3.8, 4) is 0 Å². The summed E-state index contributed by atoms with van der Waals surface area (Å²) >= 11 is 2.30. The maximum atomic E-state index is 5.47. The van der Waals surface area contributed by atoms with Crippen molar-refractivity contribution in [3.63, 3.8) is 0 Å². The molecule has 1 heterocycles. The number of hydrogen-bond donors (Lipinski definition) is 1. The molecule has 0 bridgehead atoms. The maximum absolute atomic E-state index is 5.47. The Kier molecular flexibility index (Phi) is 2.63. The van der Waals surface area contributed by atoms with E-state index < -0.39 is 0 Å². The lowest BCUT2D eigenvalue weighted by molar-refractivity contribution is 0.102. The van der Waals surface area contributed by atoms with Crippen LogP contribution >= 0.6 is 22.6 Å². The van der Waals surface area contributed by atoms with Crippen LogP contribution in [0, 0.1) is 3.57 Å². The first-order valence-corrected chi connectivity index (χ1v) is 5.04. The molecule has 1 aliphatic heterocycles. The van der Waals surface area contributed by atoms with E-state index in [4.69, 9.17) is 4.74 Å². The topological polar surface area (TPSA) is 21.3 Å². The first kappa shape index (κ1) is 8.47. The molecule has 1 aromatic rings. The molecule has 1 fully saturated rings. The monoisotopic (exact) mass is 275 g/mol. The molecule has 1 unspecified atom stereocenters. The second-order valence-corrected chi connectivity index (χ2v) is 4.00. The largest absolute Gasteiger partial charge is 0.358 e. The van der Waals surface area contributed by atoms with Crippen molar-refractivity contribution < 1.29 is 4.74 Å². The highest BCUT2D eigenvalue weighted by Gasteiger charge is 2.15. The van der Waals surface area contributed by atoms with Gasteiger partial charge in [-0.15, -0.1) is 0 Å². The lowest BCUT2D eigenvalue weighted by Gasteiger charge is -2.09. The van der Waals surface area contributed by atoms with Crippen LogP contribution in [0.4, 0.5) is 0 Å². The van der Waals surface area contributed by atoms with Crippen molar-refractivity contribution in [1.82, 2.24) is 5.32 Å². The van der Waals surface area contributed by atoms with Crippen LogP contribution in [0.1, 0.15) is 11.8 Å². The first-order chi connectivity index (χ1) is 5.86. The smallest absolute Gasteiger partial charge is 0.134 e. The van der Waals surface area contributed by atoms with Crippen molar-refractivity contribution >= 4 is 22.6 Å². The third-order valence-corrected chi connectivity index (χ3v) is 2.61. The summed E-state index contributed by atoms with van der Waals surface area (Å²) in [6, 6.07) is 8.40. The van der Waals surface area contributed by atoms with E-state index in [9.17, 15) is 0 Å². The van der Waals surface area contributed by atoms with Gasteiger partial charge in [-0.2, -0.15) is 0 Å². The number of rotatable bonds is 1. The summed E-state index contributed by atoms with van der Waals surface area (Å²) in [6.07, 6.45) is 0.113. The minimum Gasteiger partial charge on any atom is -0.358 e. The van der Waals surface area contributed by atoms with Gasteiger partial charge in [0.1, 0.15) is 6.23 Å². The molecule has 0 amide bonds. The standard InChI is InChI=1S/C9H10INO/c10-8-3-1-7(2-4-8)9-11-5-6-12-9/h1-4,9,11H,5-6H2. The van der Waals surface area contributed by atoms with Crippen molar-refractivity contribution in [3.05, 3.63) is 33.4 Å².